The lowest BCUT2D eigenvalue weighted by molar-refractivity contribution is -0.137. The molecule has 0 saturated heterocycles. The Balaban J connectivity index is 2.37. The van der Waals surface area contributed by atoms with E-state index in [-0.39, 0.29) is 0 Å². The zero-order valence-corrected chi connectivity index (χ0v) is 13.6. The number of hydrogen-bond donors (Lipinski definition) is 2. The van der Waals surface area contributed by atoms with E-state index in [2.05, 4.69) is 4.72 Å². The molecule has 0 radical (unpaired) electrons. The summed E-state index contributed by atoms with van der Waals surface area (Å²) in [5.74, 6) is -3.45. The molecule has 0 spiro atoms. The van der Waals surface area contributed by atoms with Crippen LogP contribution in [0.15, 0.2) is 47.4 Å². The molecule has 0 saturated carbocycles. The average molecular weight is 376 g/mol. The molecule has 0 aliphatic rings. The van der Waals surface area contributed by atoms with Crippen LogP contribution in [0.3, 0.4) is 0 Å². The molecule has 2 aromatic carbocycles. The van der Waals surface area contributed by atoms with Gasteiger partial charge in [0.25, 0.3) is 0 Å². The number of nitrogens with one attached hydrogen (secondary N) is 1. The first-order chi connectivity index (χ1) is 11.2. The van der Waals surface area contributed by atoms with Crippen molar-refractivity contribution in [1.29, 1.82) is 0 Å². The van der Waals surface area contributed by atoms with Crippen LogP contribution in [0.25, 0.3) is 0 Å². The van der Waals surface area contributed by atoms with E-state index in [0.29, 0.717) is 16.7 Å². The highest BCUT2D eigenvalue weighted by Gasteiger charge is 2.26. The van der Waals surface area contributed by atoms with Crippen molar-refractivity contribution in [2.24, 2.45) is 0 Å². The predicted molar refractivity (Wildman–Crippen MR) is 83.1 cm³/mol. The number of rotatable bonds is 6. The quantitative estimate of drug-likeness (QED) is 0.812. The largest absolute Gasteiger partial charge is 0.481 e. The molecule has 0 heterocycles. The normalized spacial score (nSPS) is 12.8. The van der Waals surface area contributed by atoms with Crippen molar-refractivity contribution < 1.29 is 27.1 Å². The number of hydrogen-bond acceptors (Lipinski definition) is 3. The first-order valence-corrected chi connectivity index (χ1v) is 8.50. The second kappa shape index (κ2) is 7.25. The van der Waals surface area contributed by atoms with Crippen LogP contribution in [0.2, 0.25) is 5.02 Å². The summed E-state index contributed by atoms with van der Waals surface area (Å²) in [6.07, 6.45) is -0.566. The molecule has 2 rings (SSSR count). The van der Waals surface area contributed by atoms with Crippen LogP contribution < -0.4 is 4.72 Å². The molecular formula is C15H12ClF2NO4S. The third-order valence-corrected chi connectivity index (χ3v) is 4.89. The Hall–Kier alpha value is -2.03. The van der Waals surface area contributed by atoms with Crippen molar-refractivity contribution in [2.45, 2.75) is 17.4 Å². The van der Waals surface area contributed by atoms with Crippen LogP contribution in [-0.4, -0.2) is 19.5 Å². The first kappa shape index (κ1) is 18.3. The Morgan fingerprint density at radius 1 is 1.17 bits per heavy atom. The summed E-state index contributed by atoms with van der Waals surface area (Å²) in [5, 5.41) is 9.36. The zero-order chi connectivity index (χ0) is 17.9. The lowest BCUT2D eigenvalue weighted by Gasteiger charge is -2.18. The van der Waals surface area contributed by atoms with E-state index in [4.69, 9.17) is 16.7 Å². The van der Waals surface area contributed by atoms with Gasteiger partial charge in [0.1, 0.15) is 16.5 Å². The van der Waals surface area contributed by atoms with E-state index < -0.39 is 45.0 Å². The molecule has 1 atom stereocenters. The number of carbonyl (C=O) groups is 1. The van der Waals surface area contributed by atoms with Crippen molar-refractivity contribution in [3.8, 4) is 0 Å². The highest BCUT2D eigenvalue weighted by molar-refractivity contribution is 7.89. The molecule has 0 unspecified atom stereocenters. The lowest BCUT2D eigenvalue weighted by Crippen LogP contribution is -2.31. The van der Waals surface area contributed by atoms with Gasteiger partial charge in [0, 0.05) is 11.1 Å². The summed E-state index contributed by atoms with van der Waals surface area (Å²) in [6, 6.07) is 6.71. The summed E-state index contributed by atoms with van der Waals surface area (Å²) >= 11 is 5.75. The molecule has 128 valence electrons. The smallest absolute Gasteiger partial charge is 0.305 e. The SMILES string of the molecule is O=C(O)C[C@H](NS(=O)(=O)c1ccc(F)cc1F)c1ccc(Cl)cc1. The van der Waals surface area contributed by atoms with Gasteiger partial charge in [-0.15, -0.1) is 0 Å². The van der Waals surface area contributed by atoms with E-state index in [0.717, 1.165) is 12.1 Å². The Morgan fingerprint density at radius 3 is 2.33 bits per heavy atom. The number of carboxylic acids is 1. The van der Waals surface area contributed by atoms with Gasteiger partial charge in [-0.25, -0.2) is 21.9 Å². The van der Waals surface area contributed by atoms with Crippen LogP contribution >= 0.6 is 11.6 Å². The molecule has 0 amide bonds. The molecule has 2 aromatic rings. The molecule has 2 N–H and O–H groups in total. The van der Waals surface area contributed by atoms with Gasteiger partial charge >= 0.3 is 5.97 Å². The van der Waals surface area contributed by atoms with E-state index >= 15 is 0 Å². The number of sulfonamides is 1. The minimum atomic E-state index is -4.40. The fourth-order valence-corrected chi connectivity index (χ4v) is 3.45. The maximum Gasteiger partial charge on any atom is 0.305 e. The van der Waals surface area contributed by atoms with Crippen LogP contribution in [0.1, 0.15) is 18.0 Å². The molecule has 0 aliphatic heterocycles. The number of aliphatic carboxylic acids is 1. The summed E-state index contributed by atoms with van der Waals surface area (Å²) in [7, 11) is -4.40. The Labute approximate surface area is 141 Å². The summed E-state index contributed by atoms with van der Waals surface area (Å²) in [6.45, 7) is 0. The Kier molecular flexibility index (Phi) is 5.53. The van der Waals surface area contributed by atoms with Gasteiger partial charge < -0.3 is 5.11 Å². The topological polar surface area (TPSA) is 83.5 Å². The number of halogens is 3. The standard InChI is InChI=1S/C15H12ClF2NO4S/c16-10-3-1-9(2-4-10)13(8-15(20)21)19-24(22,23)14-6-5-11(17)7-12(14)18/h1-7,13,19H,8H2,(H,20,21)/t13-/m0/s1. The summed E-state index contributed by atoms with van der Waals surface area (Å²) < 4.78 is 53.4. The van der Waals surface area contributed by atoms with Crippen LogP contribution in [0.4, 0.5) is 8.78 Å². The molecule has 0 bridgehead atoms. The van der Waals surface area contributed by atoms with Gasteiger partial charge in [0.2, 0.25) is 10.0 Å². The van der Waals surface area contributed by atoms with Crippen LogP contribution in [-0.2, 0) is 14.8 Å². The lowest BCUT2D eigenvalue weighted by atomic mass is 10.1. The van der Waals surface area contributed by atoms with Crippen molar-refractivity contribution in [3.05, 3.63) is 64.7 Å². The van der Waals surface area contributed by atoms with Gasteiger partial charge in [-0.3, -0.25) is 4.79 Å². The van der Waals surface area contributed by atoms with E-state index in [9.17, 15) is 22.0 Å². The van der Waals surface area contributed by atoms with Gasteiger partial charge in [0.15, 0.2) is 0 Å². The average Bonchev–Trinajstić information content (AvgIpc) is 2.46. The fourth-order valence-electron chi connectivity index (χ4n) is 2.04. The van der Waals surface area contributed by atoms with E-state index in [1.54, 1.807) is 0 Å². The zero-order valence-electron chi connectivity index (χ0n) is 12.0. The third-order valence-electron chi connectivity index (χ3n) is 3.13. The maximum absolute atomic E-state index is 13.7. The Bertz CT molecular complexity index is 856. The highest BCUT2D eigenvalue weighted by Crippen LogP contribution is 2.23. The highest BCUT2D eigenvalue weighted by atomic mass is 35.5. The maximum atomic E-state index is 13.7. The van der Waals surface area contributed by atoms with Crippen molar-refractivity contribution in [1.82, 2.24) is 4.72 Å². The molecule has 0 aromatic heterocycles. The van der Waals surface area contributed by atoms with E-state index in [1.165, 1.54) is 24.3 Å². The van der Waals surface area contributed by atoms with Gasteiger partial charge in [-0.05, 0) is 29.8 Å². The minimum Gasteiger partial charge on any atom is -0.481 e. The van der Waals surface area contributed by atoms with Crippen molar-refractivity contribution in [2.75, 3.05) is 0 Å². The summed E-state index contributed by atoms with van der Waals surface area (Å²) in [5.41, 5.74) is 0.341. The number of benzene rings is 2. The van der Waals surface area contributed by atoms with Gasteiger partial charge in [-0.1, -0.05) is 23.7 Å². The van der Waals surface area contributed by atoms with Gasteiger partial charge in [-0.2, -0.15) is 0 Å². The second-order valence-corrected chi connectivity index (χ2v) is 7.02. The van der Waals surface area contributed by atoms with Crippen LogP contribution in [0.5, 0.6) is 0 Å². The molecule has 9 heteroatoms. The van der Waals surface area contributed by atoms with Crippen molar-refractivity contribution >= 4 is 27.6 Å². The third kappa shape index (κ3) is 4.50. The molecule has 0 fully saturated rings. The predicted octanol–water partition coefficient (Wildman–Crippen LogP) is 3.11. The second-order valence-electron chi connectivity index (χ2n) is 4.90. The van der Waals surface area contributed by atoms with E-state index in [1.807, 2.05) is 0 Å². The van der Waals surface area contributed by atoms with Crippen molar-refractivity contribution in [3.63, 3.8) is 0 Å². The molecular weight excluding hydrogens is 364 g/mol. The number of carboxylic acid groups (broad SMARTS) is 1. The van der Waals surface area contributed by atoms with Gasteiger partial charge in [0.05, 0.1) is 12.5 Å². The molecule has 0 aliphatic carbocycles. The minimum absolute atomic E-state index is 0.341. The van der Waals surface area contributed by atoms with Crippen LogP contribution in [0, 0.1) is 11.6 Å². The summed E-state index contributed by atoms with van der Waals surface area (Å²) in [4.78, 5) is 10.2. The Morgan fingerprint density at radius 2 is 1.79 bits per heavy atom. The molecule has 5 nitrogen and oxygen atoms in total. The fraction of sp³-hybridized carbons (Fsp3) is 0.133. The first-order valence-electron chi connectivity index (χ1n) is 6.63. The monoisotopic (exact) mass is 375 g/mol. The molecule has 24 heavy (non-hydrogen) atoms.